The van der Waals surface area contributed by atoms with Gasteiger partial charge in [-0.1, -0.05) is 60.7 Å². The molecular weight excluding hydrogens is 1980 g/mol. The Hall–Kier alpha value is -13.6. The molecular formula is C99H86As2F10N12O18. The van der Waals surface area contributed by atoms with Gasteiger partial charge in [0.05, 0.1) is 0 Å². The second-order valence-corrected chi connectivity index (χ2v) is 49.8. The van der Waals surface area contributed by atoms with E-state index in [1.54, 1.807) is 46.2 Å². The molecule has 0 radical (unpaired) electrons. The van der Waals surface area contributed by atoms with Gasteiger partial charge >= 0.3 is 720 Å². The van der Waals surface area contributed by atoms with Gasteiger partial charge in [-0.15, -0.1) is 0 Å². The van der Waals surface area contributed by atoms with Gasteiger partial charge in [0.25, 0.3) is 0 Å². The van der Waals surface area contributed by atoms with Gasteiger partial charge in [0, 0.05) is 0 Å². The number of ether oxygens (including phenoxy) is 4. The summed E-state index contributed by atoms with van der Waals surface area (Å²) in [4.78, 5) is 110. The summed E-state index contributed by atoms with van der Waals surface area (Å²) >= 11 is -12.7. The van der Waals surface area contributed by atoms with Crippen molar-refractivity contribution in [1.29, 1.82) is 10.5 Å². The van der Waals surface area contributed by atoms with Crippen LogP contribution in [0.1, 0.15) is 164 Å². The van der Waals surface area contributed by atoms with E-state index in [0.717, 1.165) is 27.6 Å². The van der Waals surface area contributed by atoms with E-state index in [1.165, 1.54) is 55.7 Å². The summed E-state index contributed by atoms with van der Waals surface area (Å²) < 4.78 is 222. The van der Waals surface area contributed by atoms with Gasteiger partial charge in [-0.2, -0.15) is 0 Å². The first-order chi connectivity index (χ1) is 66.7. The van der Waals surface area contributed by atoms with Gasteiger partial charge in [-0.25, -0.2) is 0 Å². The Balaban J connectivity index is 0.000000181. The van der Waals surface area contributed by atoms with Crippen LogP contribution in [0.3, 0.4) is 0 Å². The van der Waals surface area contributed by atoms with E-state index in [4.69, 9.17) is 61.9 Å². The average Bonchev–Trinajstić information content (AvgIpc) is 1.46. The number of nitrogens with zero attached hydrogens (tertiary/aromatic N) is 8. The molecule has 12 aromatic rings. The minimum atomic E-state index is -6.78. The maximum absolute atomic E-state index is 15.4. The molecule has 42 heteroatoms. The van der Waals surface area contributed by atoms with Crippen LogP contribution in [-0.4, -0.2) is 168 Å². The van der Waals surface area contributed by atoms with E-state index in [2.05, 4.69) is 41.8 Å². The summed E-state index contributed by atoms with van der Waals surface area (Å²) in [5.41, 5.74) is -3.49. The van der Waals surface area contributed by atoms with Crippen molar-refractivity contribution in [3.63, 3.8) is 0 Å². The minimum absolute atomic E-state index is 0.00891. The summed E-state index contributed by atoms with van der Waals surface area (Å²) in [7, 11) is 0. The number of hydrogen-bond donors (Lipinski definition) is 4. The molecule has 0 saturated carbocycles. The number of carbonyl (C=O) groups is 6. The number of rotatable bonds is 16. The molecule has 4 aromatic heterocycles. The molecule has 730 valence electrons. The maximum atomic E-state index is 15.4. The molecule has 0 aliphatic carbocycles. The Morgan fingerprint density at radius 3 is 1.11 bits per heavy atom. The summed E-state index contributed by atoms with van der Waals surface area (Å²) in [5.74, 6) is -31.4. The number of benzene rings is 8. The van der Waals surface area contributed by atoms with Crippen LogP contribution in [0.25, 0.3) is 53.3 Å². The zero-order valence-electron chi connectivity index (χ0n) is 77.1. The number of nitriles is 2. The molecule has 4 amide bonds. The summed E-state index contributed by atoms with van der Waals surface area (Å²) in [5, 5.41) is 22.6. The number of hydrogen-bond acceptors (Lipinski definition) is 20. The molecule has 8 aliphatic heterocycles. The second kappa shape index (κ2) is 33.5. The fraction of sp³-hybridized carbons (Fsp3) is 0.333. The van der Waals surface area contributed by atoms with Crippen molar-refractivity contribution in [2.75, 3.05) is 58.9 Å². The summed E-state index contributed by atoms with van der Waals surface area (Å²) in [6.45, 7) is 35.0. The van der Waals surface area contributed by atoms with Gasteiger partial charge < -0.3 is 0 Å². The topological polar surface area (TPSA) is 346 Å². The summed E-state index contributed by atoms with van der Waals surface area (Å²) in [6.07, 6.45) is -1.35. The van der Waals surface area contributed by atoms with Crippen LogP contribution in [-0.2, 0) is 78.2 Å². The fourth-order valence-electron chi connectivity index (χ4n) is 19.7. The molecule has 20 rings (SSSR count). The zero-order valence-corrected chi connectivity index (χ0v) is 80.9. The van der Waals surface area contributed by atoms with Crippen molar-refractivity contribution in [1.82, 2.24) is 19.9 Å². The van der Waals surface area contributed by atoms with Crippen LogP contribution in [0, 0.1) is 94.0 Å². The normalized spacial score (nSPS) is 23.0. The number of esters is 2. The van der Waals surface area contributed by atoms with Gasteiger partial charge in [-0.3, -0.25) is 0 Å². The molecule has 8 aliphatic rings. The number of fused-ring (bicyclic) bond motifs is 12. The number of amides is 4. The fourth-order valence-corrected chi connectivity index (χ4v) is 42.2. The molecule has 30 nitrogen and oxygen atoms in total. The number of nitrogens with one attached hydrogen (secondary N) is 4. The number of aromatic amines is 4. The van der Waals surface area contributed by atoms with E-state index in [1.807, 2.05) is 115 Å². The first-order valence-corrected chi connectivity index (χ1v) is 52.5. The molecule has 8 aromatic carbocycles. The van der Waals surface area contributed by atoms with Crippen molar-refractivity contribution in [3.8, 4) is 23.6 Å². The van der Waals surface area contributed by atoms with Crippen LogP contribution >= 0.6 is 0 Å². The predicted molar refractivity (Wildman–Crippen MR) is 490 cm³/mol. The van der Waals surface area contributed by atoms with Crippen LogP contribution in [0.4, 0.5) is 76.2 Å². The quantitative estimate of drug-likeness (QED) is 0.0133. The SMILES string of the molecule is CC1O[As]2(c3cc4[nH]c(C(=O)Oc5c(F)c(F)c(F)c(F)c5F)cc4c4c3N(C(=O)c3cc5c6c(ccc5[nH]3)N(C(=O)OCc3ccccc3)CC6)CC4)(OC1(C)C)OC(C)(C)C(C)(C)O2.[C-]#[N+]CC1(C)O[As]2(c3cc4[nH]c(C(=O)Oc5c(F)c(F)c(F)c(F)c5F)cc4c4c3N(C(=O)c3cc5c6c(ccc5[nH]3)N(C(=O)OCc3ccccc3)CC6)CC4)(OC(C)(CC#N)C(C)(CC#N)O2)OC1(C)C[N+]#[C-]. The monoisotopic (exact) mass is 2070 g/mol. The Morgan fingerprint density at radius 2 is 0.752 bits per heavy atom. The molecule has 2 spiro atoms. The van der Waals surface area contributed by atoms with Gasteiger partial charge in [0.1, 0.15) is 13.2 Å². The second-order valence-electron chi connectivity index (χ2n) is 37.9. The number of H-pyrrole nitrogens is 4. The number of carbonyl (C=O) groups excluding carboxylic acids is 6. The van der Waals surface area contributed by atoms with E-state index < -0.39 is 216 Å². The first-order valence-electron chi connectivity index (χ1n) is 44.5. The number of anilines is 4. The van der Waals surface area contributed by atoms with Gasteiger partial charge in [-0.05, 0) is 11.1 Å². The van der Waals surface area contributed by atoms with Crippen molar-refractivity contribution in [2.24, 2.45) is 0 Å². The van der Waals surface area contributed by atoms with Crippen molar-refractivity contribution in [2.45, 2.75) is 173 Å². The van der Waals surface area contributed by atoms with E-state index >= 15 is 9.59 Å². The third-order valence-electron chi connectivity index (χ3n) is 28.2. The number of aromatic nitrogens is 4. The van der Waals surface area contributed by atoms with Crippen molar-refractivity contribution < 1.29 is 121 Å². The average molecular weight is 2070 g/mol. The van der Waals surface area contributed by atoms with E-state index in [-0.39, 0.29) is 81.3 Å². The van der Waals surface area contributed by atoms with Crippen molar-refractivity contribution >= 4 is 139 Å². The molecule has 5 unspecified atom stereocenters. The van der Waals surface area contributed by atoms with Crippen LogP contribution in [0.15, 0.2) is 121 Å². The Kier molecular flexibility index (Phi) is 22.9. The molecule has 12 heterocycles. The van der Waals surface area contributed by atoms with Crippen molar-refractivity contribution in [3.05, 3.63) is 258 Å². The summed E-state index contributed by atoms with van der Waals surface area (Å²) in [6, 6.07) is 38.7. The third-order valence-corrected chi connectivity index (χ3v) is 45.2. The van der Waals surface area contributed by atoms with E-state index in [0.29, 0.717) is 75.9 Å². The Morgan fingerprint density at radius 1 is 0.418 bits per heavy atom. The molecule has 4 fully saturated rings. The molecule has 5 atom stereocenters. The molecule has 141 heavy (non-hydrogen) atoms. The zero-order chi connectivity index (χ0) is 101. The Bertz CT molecular complexity index is 7430. The van der Waals surface area contributed by atoms with Crippen LogP contribution in [0.2, 0.25) is 0 Å². The van der Waals surface area contributed by atoms with Gasteiger partial charge in [0.2, 0.25) is 0 Å². The molecule has 0 bridgehead atoms. The predicted octanol–water partition coefficient (Wildman–Crippen LogP) is 17.7. The Labute approximate surface area is 800 Å². The van der Waals surface area contributed by atoms with Crippen LogP contribution in [0.5, 0.6) is 11.5 Å². The van der Waals surface area contributed by atoms with Crippen LogP contribution < -0.4 is 37.8 Å². The van der Waals surface area contributed by atoms with Gasteiger partial charge in [0.15, 0.2) is 0 Å². The first kappa shape index (κ1) is 96.3. The van der Waals surface area contributed by atoms with E-state index in [9.17, 15) is 73.6 Å². The molecule has 4 N–H and O–H groups in total. The third kappa shape index (κ3) is 14.9. The number of halogens is 10. The standard InChI is InChI=1S/C52H42AsF5N8O9.C47H44AsF5N4O9/c1-49(16-18-59)50(2,17-19-60)73-53(72-49,74-51(3,26-61-5)52(4,75-53)27-62-6)33-24-35-32(23-37(64-35)47(68)71-45-42(57)40(55)39(54)41(56)43(45)58)30-15-21-66(44(30)33)46(67)36-22-31-29-14-20-65(38(29)13-12-34(31)63-36)48(69)70-25-28-10-8-7-9-11-28;1-23-45(2,3)64-48(63-23,65-46(4,5)47(6,7)66-48)29-21-31-28(20-33(55-31)43(59)62-41-38(52)36(50)35(49)37(51)39(41)53)26-16-18-57(40(26)29)42(58)32-19-27-25-15-17-56(34(25)14-13-30(27)54-32)44(60)61-22-24-11-9-8-10-12-24/h7-13,22-24,63-64H,14-17,20-21,25-27H2,1-4H3;8-14,19-21,23,54-55H,15-18,22H2,1-7H3. The molecule has 4 saturated heterocycles.